The molecule has 30 heavy (non-hydrogen) atoms. The number of nitrogens with one attached hydrogen (secondary N) is 2. The van der Waals surface area contributed by atoms with Crippen molar-refractivity contribution in [3.05, 3.63) is 71.0 Å². The highest BCUT2D eigenvalue weighted by Gasteiger charge is 2.19. The third kappa shape index (κ3) is 4.31. The topological polar surface area (TPSA) is 69.8 Å². The maximum atomic E-state index is 12.4. The number of nitrogens with zero attached hydrogens (tertiary/aromatic N) is 2. The highest BCUT2D eigenvalue weighted by atomic mass is 16.7. The largest absolute Gasteiger partial charge is 0.454 e. The molecule has 156 valence electrons. The van der Waals surface area contributed by atoms with Crippen molar-refractivity contribution < 1.29 is 19.2 Å². The average Bonchev–Trinajstić information content (AvgIpc) is 3.32. The van der Waals surface area contributed by atoms with Gasteiger partial charge in [-0.3, -0.25) is 4.79 Å². The van der Waals surface area contributed by atoms with E-state index in [9.17, 15) is 4.79 Å². The average molecular weight is 407 g/mol. The van der Waals surface area contributed by atoms with E-state index in [4.69, 9.17) is 14.6 Å². The van der Waals surface area contributed by atoms with Crippen molar-refractivity contribution in [3.63, 3.8) is 0 Å². The zero-order valence-electron chi connectivity index (χ0n) is 17.6. The number of hydrogen-bond acceptors (Lipinski definition) is 4. The molecule has 0 saturated carbocycles. The minimum Gasteiger partial charge on any atom is -0.454 e. The molecular formula is C23H27N4O3+. The summed E-state index contributed by atoms with van der Waals surface area (Å²) in [6.07, 6.45) is 0. The van der Waals surface area contributed by atoms with E-state index < -0.39 is 0 Å². The summed E-state index contributed by atoms with van der Waals surface area (Å²) in [5.41, 5.74) is 5.32. The number of likely N-dealkylation sites (N-methyl/N-ethyl adjacent to an activating group) is 1. The van der Waals surface area contributed by atoms with E-state index in [0.717, 1.165) is 45.6 Å². The summed E-state index contributed by atoms with van der Waals surface area (Å²) in [5.74, 6) is 1.48. The molecule has 1 amide bonds. The Morgan fingerprint density at radius 2 is 1.90 bits per heavy atom. The second kappa shape index (κ2) is 8.59. The van der Waals surface area contributed by atoms with Gasteiger partial charge in [0.1, 0.15) is 6.54 Å². The fraction of sp³-hybridized carbons (Fsp3) is 0.304. The molecule has 2 N–H and O–H groups in total. The molecule has 7 nitrogen and oxygen atoms in total. The molecule has 1 aromatic heterocycles. The summed E-state index contributed by atoms with van der Waals surface area (Å²) in [7, 11) is 2.03. The third-order valence-corrected chi connectivity index (χ3v) is 5.31. The van der Waals surface area contributed by atoms with Crippen LogP contribution in [0.25, 0.3) is 5.69 Å². The number of benzene rings is 2. The predicted octanol–water partition coefficient (Wildman–Crippen LogP) is 1.55. The van der Waals surface area contributed by atoms with Gasteiger partial charge in [0.15, 0.2) is 18.0 Å². The highest BCUT2D eigenvalue weighted by Crippen LogP contribution is 2.32. The molecule has 0 spiro atoms. The van der Waals surface area contributed by atoms with Gasteiger partial charge in [0, 0.05) is 6.54 Å². The Morgan fingerprint density at radius 3 is 2.70 bits per heavy atom. The highest BCUT2D eigenvalue weighted by molar-refractivity contribution is 5.76. The first-order valence-corrected chi connectivity index (χ1v) is 10.1. The van der Waals surface area contributed by atoms with Gasteiger partial charge in [-0.15, -0.1) is 0 Å². The van der Waals surface area contributed by atoms with Crippen molar-refractivity contribution >= 4 is 5.91 Å². The van der Waals surface area contributed by atoms with Crippen LogP contribution in [-0.2, 0) is 17.9 Å². The summed E-state index contributed by atoms with van der Waals surface area (Å²) in [6.45, 7) is 5.94. The number of rotatable bonds is 7. The summed E-state index contributed by atoms with van der Waals surface area (Å²) in [6, 6.07) is 15.8. The van der Waals surface area contributed by atoms with Crippen LogP contribution in [-0.4, -0.2) is 36.1 Å². The predicted molar refractivity (Wildman–Crippen MR) is 113 cm³/mol. The van der Waals surface area contributed by atoms with Gasteiger partial charge >= 0.3 is 0 Å². The second-order valence-electron chi connectivity index (χ2n) is 7.67. The molecule has 0 saturated heterocycles. The number of hydrogen-bond donors (Lipinski definition) is 2. The zero-order chi connectivity index (χ0) is 21.1. The Labute approximate surface area is 176 Å². The van der Waals surface area contributed by atoms with Gasteiger partial charge in [-0.1, -0.05) is 24.3 Å². The van der Waals surface area contributed by atoms with E-state index in [1.807, 2.05) is 67.2 Å². The lowest BCUT2D eigenvalue weighted by atomic mass is 10.2. The van der Waals surface area contributed by atoms with Crippen LogP contribution in [0.1, 0.15) is 22.5 Å². The van der Waals surface area contributed by atoms with Crippen molar-refractivity contribution in [3.8, 4) is 17.2 Å². The van der Waals surface area contributed by atoms with Crippen LogP contribution in [0.15, 0.2) is 48.5 Å². The number of fused-ring (bicyclic) bond motifs is 1. The van der Waals surface area contributed by atoms with Crippen LogP contribution in [0.4, 0.5) is 0 Å². The van der Waals surface area contributed by atoms with Crippen LogP contribution in [0.2, 0.25) is 0 Å². The van der Waals surface area contributed by atoms with Crippen molar-refractivity contribution in [2.24, 2.45) is 0 Å². The third-order valence-electron chi connectivity index (χ3n) is 5.31. The van der Waals surface area contributed by atoms with Gasteiger partial charge in [-0.25, -0.2) is 4.68 Å². The molecule has 0 radical (unpaired) electrons. The first kappa shape index (κ1) is 20.0. The summed E-state index contributed by atoms with van der Waals surface area (Å²) in [4.78, 5) is 13.5. The summed E-state index contributed by atoms with van der Waals surface area (Å²) in [5, 5.41) is 7.69. The maximum absolute atomic E-state index is 12.4. The van der Waals surface area contributed by atoms with Crippen LogP contribution in [0, 0.1) is 13.8 Å². The number of carbonyl (C=O) groups excluding carboxylic acids is 1. The zero-order valence-corrected chi connectivity index (χ0v) is 17.6. The van der Waals surface area contributed by atoms with E-state index in [2.05, 4.69) is 12.2 Å². The van der Waals surface area contributed by atoms with Gasteiger partial charge in [-0.05, 0) is 43.7 Å². The first-order chi connectivity index (χ1) is 14.5. The van der Waals surface area contributed by atoms with Gasteiger partial charge in [0.05, 0.1) is 29.7 Å². The molecule has 1 atom stereocenters. The number of aryl methyl sites for hydroxylation is 1. The lowest BCUT2D eigenvalue weighted by molar-refractivity contribution is -0.885. The fourth-order valence-corrected chi connectivity index (χ4v) is 3.70. The van der Waals surface area contributed by atoms with E-state index in [1.165, 1.54) is 5.56 Å². The molecule has 0 bridgehead atoms. The molecule has 0 fully saturated rings. The van der Waals surface area contributed by atoms with Gasteiger partial charge in [-0.2, -0.15) is 5.10 Å². The number of carbonyl (C=O) groups is 1. The van der Waals surface area contributed by atoms with E-state index >= 15 is 0 Å². The van der Waals surface area contributed by atoms with Crippen LogP contribution >= 0.6 is 0 Å². The Morgan fingerprint density at radius 1 is 1.13 bits per heavy atom. The van der Waals surface area contributed by atoms with Crippen molar-refractivity contribution in [2.75, 3.05) is 20.4 Å². The van der Waals surface area contributed by atoms with Gasteiger partial charge in [0.25, 0.3) is 5.91 Å². The Kier molecular flexibility index (Phi) is 5.72. The van der Waals surface area contributed by atoms with E-state index in [0.29, 0.717) is 13.1 Å². The molecule has 1 unspecified atom stereocenters. The standard InChI is InChI=1S/C23H26N4O3/c1-16-20(17(2)27(25-16)19-7-5-4-6-8-19)13-26(3)14-23(28)24-12-18-9-10-21-22(11-18)30-15-29-21/h4-11H,12-15H2,1-3H3,(H,24,28)/p+1. The molecular weight excluding hydrogens is 380 g/mol. The Balaban J connectivity index is 1.34. The molecule has 1 aliphatic heterocycles. The molecule has 2 aromatic carbocycles. The van der Waals surface area contributed by atoms with Crippen LogP contribution in [0.3, 0.4) is 0 Å². The Hall–Kier alpha value is -3.32. The van der Waals surface area contributed by atoms with Crippen LogP contribution < -0.4 is 19.7 Å². The lowest BCUT2D eigenvalue weighted by Gasteiger charge is -2.14. The number of aromatic nitrogens is 2. The van der Waals surface area contributed by atoms with Gasteiger partial charge in [0.2, 0.25) is 6.79 Å². The molecule has 2 heterocycles. The van der Waals surface area contributed by atoms with Gasteiger partial charge < -0.3 is 19.7 Å². The second-order valence-corrected chi connectivity index (χ2v) is 7.67. The van der Waals surface area contributed by atoms with E-state index in [1.54, 1.807) is 0 Å². The quantitative estimate of drug-likeness (QED) is 0.624. The number of para-hydroxylation sites is 1. The van der Waals surface area contributed by atoms with E-state index in [-0.39, 0.29) is 12.7 Å². The number of amides is 1. The monoisotopic (exact) mass is 407 g/mol. The van der Waals surface area contributed by atoms with Crippen LogP contribution in [0.5, 0.6) is 11.5 Å². The van der Waals surface area contributed by atoms with Crippen molar-refractivity contribution in [1.29, 1.82) is 0 Å². The van der Waals surface area contributed by atoms with Crippen molar-refractivity contribution in [1.82, 2.24) is 15.1 Å². The van der Waals surface area contributed by atoms with Crippen molar-refractivity contribution in [2.45, 2.75) is 26.9 Å². The Bertz CT molecular complexity index is 1050. The minimum atomic E-state index is 0.0101. The molecule has 7 heteroatoms. The molecule has 3 aromatic rings. The minimum absolute atomic E-state index is 0.0101. The number of quaternary nitrogens is 1. The fourth-order valence-electron chi connectivity index (χ4n) is 3.70. The maximum Gasteiger partial charge on any atom is 0.275 e. The lowest BCUT2D eigenvalue weighted by Crippen LogP contribution is -3.09. The summed E-state index contributed by atoms with van der Waals surface area (Å²) < 4.78 is 12.7. The SMILES string of the molecule is Cc1nn(-c2ccccc2)c(C)c1C[NH+](C)CC(=O)NCc1ccc2c(c1)OCO2. The first-order valence-electron chi connectivity index (χ1n) is 10.1. The molecule has 4 rings (SSSR count). The summed E-state index contributed by atoms with van der Waals surface area (Å²) >= 11 is 0. The molecule has 1 aliphatic rings. The number of ether oxygens (including phenoxy) is 2. The smallest absolute Gasteiger partial charge is 0.275 e. The normalized spacial score (nSPS) is 13.3. The molecule has 0 aliphatic carbocycles.